The highest BCUT2D eigenvalue weighted by molar-refractivity contribution is 6.31. The van der Waals surface area contributed by atoms with E-state index in [1.54, 1.807) is 6.20 Å². The number of benzene rings is 2. The number of hydrogen-bond acceptors (Lipinski definition) is 4. The number of ether oxygens (including phenoxy) is 2. The molecule has 0 N–H and O–H groups in total. The SMILES string of the molecule is O=C(OCC1c2ccccc2-c2ccccc21)N1C2C=C(c3cccnc3Cl)CC1COC2. The smallest absolute Gasteiger partial charge is 0.410 e. The molecular formula is C27H23ClN2O3. The molecule has 3 heterocycles. The number of nitrogens with zero attached hydrogens (tertiary/aromatic N) is 2. The van der Waals surface area contributed by atoms with E-state index in [0.717, 1.165) is 11.1 Å². The Morgan fingerprint density at radius 2 is 1.70 bits per heavy atom. The van der Waals surface area contributed by atoms with E-state index in [0.29, 0.717) is 31.4 Å². The molecule has 3 aliphatic rings. The van der Waals surface area contributed by atoms with Crippen molar-refractivity contribution in [3.05, 3.63) is 94.8 Å². The van der Waals surface area contributed by atoms with Crippen LogP contribution < -0.4 is 0 Å². The number of carbonyl (C=O) groups excluding carboxylic acids is 1. The number of pyridine rings is 1. The van der Waals surface area contributed by atoms with E-state index < -0.39 is 0 Å². The highest BCUT2D eigenvalue weighted by Gasteiger charge is 2.40. The van der Waals surface area contributed by atoms with E-state index in [4.69, 9.17) is 21.1 Å². The molecule has 2 bridgehead atoms. The molecule has 3 aromatic rings. The van der Waals surface area contributed by atoms with E-state index in [1.807, 2.05) is 29.2 Å². The molecule has 2 aliphatic heterocycles. The van der Waals surface area contributed by atoms with Gasteiger partial charge in [-0.3, -0.25) is 4.90 Å². The Morgan fingerprint density at radius 1 is 1.00 bits per heavy atom. The Morgan fingerprint density at radius 3 is 2.39 bits per heavy atom. The quantitative estimate of drug-likeness (QED) is 0.483. The third kappa shape index (κ3) is 3.52. The largest absolute Gasteiger partial charge is 0.448 e. The first-order chi connectivity index (χ1) is 16.2. The molecule has 5 nitrogen and oxygen atoms in total. The van der Waals surface area contributed by atoms with Crippen molar-refractivity contribution in [1.82, 2.24) is 9.88 Å². The van der Waals surface area contributed by atoms with Gasteiger partial charge in [-0.25, -0.2) is 9.78 Å². The van der Waals surface area contributed by atoms with Crippen LogP contribution in [0, 0.1) is 0 Å². The monoisotopic (exact) mass is 458 g/mol. The van der Waals surface area contributed by atoms with Crippen LogP contribution in [0.5, 0.6) is 0 Å². The number of aromatic nitrogens is 1. The van der Waals surface area contributed by atoms with Crippen LogP contribution in [0.15, 0.2) is 72.9 Å². The molecule has 1 aromatic heterocycles. The summed E-state index contributed by atoms with van der Waals surface area (Å²) in [5, 5.41) is 0.484. The maximum Gasteiger partial charge on any atom is 0.410 e. The van der Waals surface area contributed by atoms with Gasteiger partial charge in [0.15, 0.2) is 0 Å². The van der Waals surface area contributed by atoms with Crippen LogP contribution in [0.2, 0.25) is 5.15 Å². The van der Waals surface area contributed by atoms with Gasteiger partial charge in [0.2, 0.25) is 0 Å². The van der Waals surface area contributed by atoms with Crippen molar-refractivity contribution < 1.29 is 14.3 Å². The van der Waals surface area contributed by atoms with Crippen LogP contribution >= 0.6 is 11.6 Å². The zero-order valence-electron chi connectivity index (χ0n) is 18.0. The first-order valence-electron chi connectivity index (χ1n) is 11.2. The van der Waals surface area contributed by atoms with Gasteiger partial charge >= 0.3 is 6.09 Å². The number of rotatable bonds is 3. The van der Waals surface area contributed by atoms with Gasteiger partial charge in [0.1, 0.15) is 11.8 Å². The second-order valence-electron chi connectivity index (χ2n) is 8.71. The lowest BCUT2D eigenvalue weighted by Crippen LogP contribution is -2.56. The number of hydrogen-bond donors (Lipinski definition) is 0. The van der Waals surface area contributed by atoms with Crippen LogP contribution in [0.1, 0.15) is 29.0 Å². The fourth-order valence-electron chi connectivity index (χ4n) is 5.37. The van der Waals surface area contributed by atoms with Crippen LogP contribution in [-0.4, -0.2) is 47.9 Å². The molecule has 166 valence electrons. The summed E-state index contributed by atoms with van der Waals surface area (Å²) in [5.74, 6) is 0.0440. The Kier molecular flexibility index (Phi) is 5.16. The normalized spacial score (nSPS) is 21.2. The predicted octanol–water partition coefficient (Wildman–Crippen LogP) is 5.54. The van der Waals surface area contributed by atoms with Gasteiger partial charge in [-0.15, -0.1) is 0 Å². The minimum Gasteiger partial charge on any atom is -0.448 e. The second-order valence-corrected chi connectivity index (χ2v) is 9.07. The summed E-state index contributed by atoms with van der Waals surface area (Å²) in [7, 11) is 0. The van der Waals surface area contributed by atoms with E-state index in [1.165, 1.54) is 22.3 Å². The van der Waals surface area contributed by atoms with E-state index in [2.05, 4.69) is 47.5 Å². The molecule has 2 unspecified atom stereocenters. The molecule has 0 radical (unpaired) electrons. The molecule has 0 spiro atoms. The van der Waals surface area contributed by atoms with Gasteiger partial charge in [-0.05, 0) is 40.3 Å². The van der Waals surface area contributed by atoms with Gasteiger partial charge in [-0.2, -0.15) is 0 Å². The summed E-state index contributed by atoms with van der Waals surface area (Å²) in [5.41, 5.74) is 6.89. The average Bonchev–Trinajstić information content (AvgIpc) is 3.16. The topological polar surface area (TPSA) is 51.7 Å². The molecule has 6 heteroatoms. The minimum atomic E-state index is -0.289. The molecule has 0 saturated carbocycles. The van der Waals surface area contributed by atoms with Gasteiger partial charge in [0.25, 0.3) is 0 Å². The van der Waals surface area contributed by atoms with E-state index in [9.17, 15) is 4.79 Å². The Balaban J connectivity index is 1.23. The van der Waals surface area contributed by atoms with Gasteiger partial charge in [0.05, 0.1) is 25.3 Å². The molecular weight excluding hydrogens is 436 g/mol. The zero-order chi connectivity index (χ0) is 22.4. The van der Waals surface area contributed by atoms with Crippen LogP contribution in [0.25, 0.3) is 16.7 Å². The third-order valence-electron chi connectivity index (χ3n) is 6.85. The zero-order valence-corrected chi connectivity index (χ0v) is 18.7. The van der Waals surface area contributed by atoms with Crippen molar-refractivity contribution in [2.75, 3.05) is 19.8 Å². The third-order valence-corrected chi connectivity index (χ3v) is 7.15. The summed E-state index contributed by atoms with van der Waals surface area (Å²) in [6.07, 6.45) is 4.12. The van der Waals surface area contributed by atoms with Crippen molar-refractivity contribution in [1.29, 1.82) is 0 Å². The van der Waals surface area contributed by atoms with Gasteiger partial charge in [0, 0.05) is 17.7 Å². The molecule has 2 atom stereocenters. The van der Waals surface area contributed by atoms with Gasteiger partial charge < -0.3 is 9.47 Å². The molecule has 1 saturated heterocycles. The summed E-state index contributed by atoms with van der Waals surface area (Å²) in [6.45, 7) is 1.24. The Labute approximate surface area is 197 Å². The van der Waals surface area contributed by atoms with Crippen molar-refractivity contribution in [3.8, 4) is 11.1 Å². The Hall–Kier alpha value is -3.15. The number of amides is 1. The molecule has 1 aliphatic carbocycles. The lowest BCUT2D eigenvalue weighted by molar-refractivity contribution is -0.0331. The van der Waals surface area contributed by atoms with Crippen molar-refractivity contribution >= 4 is 23.3 Å². The second kappa shape index (κ2) is 8.32. The molecule has 6 rings (SSSR count). The minimum absolute atomic E-state index is 0.0440. The molecule has 33 heavy (non-hydrogen) atoms. The summed E-state index contributed by atoms with van der Waals surface area (Å²) >= 11 is 6.33. The number of morpholine rings is 1. The van der Waals surface area contributed by atoms with Crippen LogP contribution in [0.4, 0.5) is 4.79 Å². The molecule has 1 fully saturated rings. The van der Waals surface area contributed by atoms with Gasteiger partial charge in [-0.1, -0.05) is 72.3 Å². The summed E-state index contributed by atoms with van der Waals surface area (Å²) in [4.78, 5) is 19.3. The highest BCUT2D eigenvalue weighted by Crippen LogP contribution is 2.44. The number of fused-ring (bicyclic) bond motifs is 5. The predicted molar refractivity (Wildman–Crippen MR) is 127 cm³/mol. The lowest BCUT2D eigenvalue weighted by Gasteiger charge is -2.44. The average molecular weight is 459 g/mol. The van der Waals surface area contributed by atoms with Crippen LogP contribution in [-0.2, 0) is 9.47 Å². The maximum atomic E-state index is 13.3. The Bertz CT molecular complexity index is 1210. The lowest BCUT2D eigenvalue weighted by atomic mass is 9.91. The van der Waals surface area contributed by atoms with Crippen molar-refractivity contribution in [2.45, 2.75) is 24.4 Å². The van der Waals surface area contributed by atoms with Crippen LogP contribution in [0.3, 0.4) is 0 Å². The number of carbonyl (C=O) groups is 1. The van der Waals surface area contributed by atoms with E-state index in [-0.39, 0.29) is 24.1 Å². The first kappa shape index (κ1) is 20.5. The summed E-state index contributed by atoms with van der Waals surface area (Å²) in [6, 6.07) is 20.3. The van der Waals surface area contributed by atoms with Crippen molar-refractivity contribution in [2.24, 2.45) is 0 Å². The number of halogens is 1. The van der Waals surface area contributed by atoms with E-state index >= 15 is 0 Å². The first-order valence-corrected chi connectivity index (χ1v) is 11.6. The molecule has 1 amide bonds. The molecule has 2 aromatic carbocycles. The standard InChI is InChI=1S/C27H23ClN2O3/c28-26-20(10-5-11-29-26)17-12-18-14-32-15-19(13-17)30(18)27(31)33-16-25-23-8-3-1-6-21(23)22-7-2-4-9-24(22)25/h1-12,18-19,25H,13-16H2. The van der Waals surface area contributed by atoms with Crippen molar-refractivity contribution in [3.63, 3.8) is 0 Å². The highest BCUT2D eigenvalue weighted by atomic mass is 35.5. The maximum absolute atomic E-state index is 13.3. The fraction of sp³-hybridized carbons (Fsp3) is 0.259. The fourth-order valence-corrected chi connectivity index (χ4v) is 5.62. The summed E-state index contributed by atoms with van der Waals surface area (Å²) < 4.78 is 11.7.